The number of allylic oxidation sites excluding steroid dienone is 1. The van der Waals surface area contributed by atoms with Crippen molar-refractivity contribution < 1.29 is 28.9 Å². The Morgan fingerprint density at radius 1 is 1.04 bits per heavy atom. The van der Waals surface area contributed by atoms with Crippen LogP contribution in [0, 0.1) is 23.7 Å². The van der Waals surface area contributed by atoms with Crippen LogP contribution in [0.5, 0.6) is 5.75 Å². The molecule has 280 valence electrons. The Morgan fingerprint density at radius 2 is 1.85 bits per heavy atom. The van der Waals surface area contributed by atoms with Crippen molar-refractivity contribution in [3.63, 3.8) is 0 Å². The summed E-state index contributed by atoms with van der Waals surface area (Å²) in [5, 5.41) is 13.3. The van der Waals surface area contributed by atoms with Crippen LogP contribution in [0.1, 0.15) is 67.1 Å². The second-order valence-electron chi connectivity index (χ2n) is 16.5. The molecule has 0 spiro atoms. The maximum absolute atomic E-state index is 14.2. The molecular formula is C43H52N4O6. The van der Waals surface area contributed by atoms with E-state index in [0.717, 1.165) is 77.2 Å². The van der Waals surface area contributed by atoms with Gasteiger partial charge in [-0.05, 0) is 94.2 Å². The molecule has 4 aromatic rings. The van der Waals surface area contributed by atoms with Crippen LogP contribution >= 0.6 is 0 Å². The fourth-order valence-corrected chi connectivity index (χ4v) is 12.0. The number of hydrogen-bond acceptors (Lipinski definition) is 8. The van der Waals surface area contributed by atoms with Gasteiger partial charge in [-0.2, -0.15) is 0 Å². The zero-order chi connectivity index (χ0) is 36.9. The van der Waals surface area contributed by atoms with E-state index in [4.69, 9.17) is 14.2 Å². The van der Waals surface area contributed by atoms with E-state index < -0.39 is 11.5 Å². The van der Waals surface area contributed by atoms with Crippen molar-refractivity contribution in [2.75, 3.05) is 48.0 Å². The van der Waals surface area contributed by atoms with E-state index in [0.29, 0.717) is 25.2 Å². The largest absolute Gasteiger partial charge is 0.496 e. The van der Waals surface area contributed by atoms with Gasteiger partial charge in [0, 0.05) is 82.3 Å². The van der Waals surface area contributed by atoms with Crippen LogP contribution in [0.2, 0.25) is 0 Å². The number of rotatable bonds is 5. The Morgan fingerprint density at radius 3 is 2.58 bits per heavy atom. The van der Waals surface area contributed by atoms with Gasteiger partial charge in [0.2, 0.25) is 0 Å². The van der Waals surface area contributed by atoms with Gasteiger partial charge in [0.25, 0.3) is 0 Å². The number of nitrogens with zero attached hydrogens (tertiary/aromatic N) is 2. The van der Waals surface area contributed by atoms with Crippen LogP contribution in [-0.2, 0) is 37.3 Å². The minimum Gasteiger partial charge on any atom is -0.496 e. The van der Waals surface area contributed by atoms with Gasteiger partial charge in [-0.25, -0.2) is 0 Å². The van der Waals surface area contributed by atoms with E-state index in [2.05, 4.69) is 76.2 Å². The van der Waals surface area contributed by atoms with Crippen molar-refractivity contribution in [2.45, 2.75) is 75.5 Å². The smallest absolute Gasteiger partial charge is 0.319 e. The minimum absolute atomic E-state index is 0.0103. The fraction of sp³-hybridized carbons (Fsp3) is 0.535. The molecule has 53 heavy (non-hydrogen) atoms. The third-order valence-corrected chi connectivity index (χ3v) is 14.2. The third-order valence-electron chi connectivity index (χ3n) is 14.2. The number of ether oxygens (including phenoxy) is 3. The molecule has 2 aliphatic carbocycles. The second-order valence-corrected chi connectivity index (χ2v) is 16.5. The number of benzene rings is 2. The highest BCUT2D eigenvalue weighted by Crippen LogP contribution is 2.56. The number of likely N-dealkylation sites (N-methyl/N-ethyl adjacent to an activating group) is 1. The van der Waals surface area contributed by atoms with Gasteiger partial charge in [-0.1, -0.05) is 29.8 Å². The quantitative estimate of drug-likeness (QED) is 0.184. The number of carbonyl (C=O) groups is 2. The first-order valence-electron chi connectivity index (χ1n) is 19.4. The monoisotopic (exact) mass is 720 g/mol. The van der Waals surface area contributed by atoms with Crippen molar-refractivity contribution >= 4 is 33.7 Å². The summed E-state index contributed by atoms with van der Waals surface area (Å²) in [5.74, 6) is 0.199. The summed E-state index contributed by atoms with van der Waals surface area (Å²) in [6.07, 6.45) is 5.47. The molecule has 10 heteroatoms. The van der Waals surface area contributed by atoms with Crippen LogP contribution in [0.15, 0.2) is 48.0 Å². The van der Waals surface area contributed by atoms with E-state index in [1.807, 2.05) is 6.92 Å². The Labute approximate surface area is 310 Å². The fourth-order valence-electron chi connectivity index (χ4n) is 12.0. The Bertz CT molecular complexity index is 2150. The molecule has 1 unspecified atom stereocenters. The highest BCUT2D eigenvalue weighted by molar-refractivity contribution is 5.93. The van der Waals surface area contributed by atoms with Crippen LogP contribution in [0.25, 0.3) is 21.8 Å². The summed E-state index contributed by atoms with van der Waals surface area (Å²) >= 11 is 0. The summed E-state index contributed by atoms with van der Waals surface area (Å²) in [5.41, 5.74) is 7.90. The number of aliphatic hydroxyl groups excluding tert-OH is 1. The Balaban J connectivity index is 1.26. The number of esters is 2. The zero-order valence-electron chi connectivity index (χ0n) is 31.7. The summed E-state index contributed by atoms with van der Waals surface area (Å²) in [4.78, 5) is 40.5. The summed E-state index contributed by atoms with van der Waals surface area (Å²) in [6, 6.07) is 12.7. The number of H-pyrrole nitrogens is 2. The lowest BCUT2D eigenvalue weighted by atomic mass is 9.56. The summed E-state index contributed by atoms with van der Waals surface area (Å²) in [7, 11) is 6.87. The molecule has 1 saturated carbocycles. The van der Waals surface area contributed by atoms with Crippen molar-refractivity contribution in [1.29, 1.82) is 0 Å². The Kier molecular flexibility index (Phi) is 8.33. The molecule has 3 saturated heterocycles. The number of methoxy groups -OCH3 is 3. The van der Waals surface area contributed by atoms with Gasteiger partial charge in [0.1, 0.15) is 11.2 Å². The molecule has 6 aliphatic rings. The molecule has 10 nitrogen and oxygen atoms in total. The Hall–Kier alpha value is -4.12. The maximum Gasteiger partial charge on any atom is 0.319 e. The molecule has 10 rings (SSSR count). The molecular weight excluding hydrogens is 668 g/mol. The number of aromatic nitrogens is 2. The predicted molar refractivity (Wildman–Crippen MR) is 203 cm³/mol. The molecule has 6 heterocycles. The number of piperidine rings is 3. The third kappa shape index (κ3) is 4.94. The van der Waals surface area contributed by atoms with Gasteiger partial charge < -0.3 is 29.3 Å². The zero-order valence-corrected chi connectivity index (χ0v) is 31.7. The SMILES string of the molecule is CC=C1CN(C)[C@H]2Cc3c([nH]c4ccccc34)[C@@H](c3cc4[nH]c5c(c4cc3OC)CCN3C[C@H]4C[C@@H]([C@@H](C)O)[C@@H]3[C@]5(C(=O)OC)C4)C[C@@H]1[C@H]2C(=O)OC. The van der Waals surface area contributed by atoms with Crippen LogP contribution in [-0.4, -0.2) is 103 Å². The highest BCUT2D eigenvalue weighted by Gasteiger charge is 2.64. The molecule has 0 amide bonds. The van der Waals surface area contributed by atoms with Crippen LogP contribution < -0.4 is 4.74 Å². The highest BCUT2D eigenvalue weighted by atomic mass is 16.5. The number of likely N-dealkylation sites (tertiary alicyclic amines) is 1. The molecule has 2 aromatic carbocycles. The van der Waals surface area contributed by atoms with E-state index in [1.165, 1.54) is 30.7 Å². The normalized spacial score (nSPS) is 33.5. The second kappa shape index (κ2) is 12.7. The lowest BCUT2D eigenvalue weighted by Gasteiger charge is -2.58. The molecule has 2 aromatic heterocycles. The molecule has 3 N–H and O–H groups in total. The van der Waals surface area contributed by atoms with Crippen LogP contribution in [0.3, 0.4) is 0 Å². The summed E-state index contributed by atoms with van der Waals surface area (Å²) < 4.78 is 17.6. The van der Waals surface area contributed by atoms with E-state index >= 15 is 0 Å². The summed E-state index contributed by atoms with van der Waals surface area (Å²) in [6.45, 7) is 6.50. The number of para-hydroxylation sites is 1. The van der Waals surface area contributed by atoms with E-state index in [1.54, 1.807) is 7.11 Å². The predicted octanol–water partition coefficient (Wildman–Crippen LogP) is 5.46. The molecule has 6 bridgehead atoms. The average molecular weight is 721 g/mol. The minimum atomic E-state index is -0.905. The number of aliphatic hydroxyl groups is 1. The standard InChI is InChI=1S/C43H52N4O6/c1-7-24-21-46(3)35-17-32-25-10-8-9-11-33(25)44-38(32)31(15-28(24)37(35)41(49)52-5)30-16-34-29(18-36(30)51-4)26-12-13-47-20-23-14-27(22(2)48)40(47)43(19-23,39(26)45-34)42(50)53-6/h7-11,16,18,22-23,27-28,31,35,37,40,44-45,48H,12-15,17,19-21H2,1-6H3/t22-,23+,27+,28+,31-,35+,37-,40-,43+/m1/s1. The molecule has 0 radical (unpaired) electrons. The first-order chi connectivity index (χ1) is 25.6. The molecule has 4 fully saturated rings. The van der Waals surface area contributed by atoms with Gasteiger partial charge in [-0.15, -0.1) is 0 Å². The van der Waals surface area contributed by atoms with Gasteiger partial charge in [-0.3, -0.25) is 19.4 Å². The number of aromatic amines is 2. The van der Waals surface area contributed by atoms with Crippen molar-refractivity contribution in [2.24, 2.45) is 23.7 Å². The maximum atomic E-state index is 14.2. The lowest BCUT2D eigenvalue weighted by molar-refractivity contribution is -0.166. The van der Waals surface area contributed by atoms with Crippen molar-refractivity contribution in [3.05, 3.63) is 76.1 Å². The topological polar surface area (TPSA) is 120 Å². The number of nitrogens with one attached hydrogen (secondary N) is 2. The lowest BCUT2D eigenvalue weighted by Crippen LogP contribution is -2.68. The molecule has 10 atom stereocenters. The number of fused-ring (bicyclic) bond motifs is 9. The van der Waals surface area contributed by atoms with E-state index in [9.17, 15) is 14.7 Å². The van der Waals surface area contributed by atoms with Crippen LogP contribution in [0.4, 0.5) is 0 Å². The van der Waals surface area contributed by atoms with Crippen molar-refractivity contribution in [1.82, 2.24) is 19.8 Å². The van der Waals surface area contributed by atoms with Gasteiger partial charge in [0.15, 0.2) is 0 Å². The molecule has 4 aliphatic heterocycles. The first-order valence-corrected chi connectivity index (χ1v) is 19.4. The first kappa shape index (κ1) is 34.6. The van der Waals surface area contributed by atoms with Crippen molar-refractivity contribution in [3.8, 4) is 5.75 Å². The van der Waals surface area contributed by atoms with E-state index in [-0.39, 0.29) is 47.7 Å². The van der Waals surface area contributed by atoms with Gasteiger partial charge >= 0.3 is 11.9 Å². The number of hydrogen-bond donors (Lipinski definition) is 3. The average Bonchev–Trinajstić information content (AvgIpc) is 3.69. The number of carbonyl (C=O) groups excluding carboxylic acids is 2. The van der Waals surface area contributed by atoms with Gasteiger partial charge in [0.05, 0.1) is 33.4 Å².